The Morgan fingerprint density at radius 1 is 1.04 bits per heavy atom. The molecule has 0 unspecified atom stereocenters. The summed E-state index contributed by atoms with van der Waals surface area (Å²) >= 11 is 0. The molecule has 1 N–H and O–H groups in total. The summed E-state index contributed by atoms with van der Waals surface area (Å²) in [5.74, 6) is -2.93. The highest BCUT2D eigenvalue weighted by molar-refractivity contribution is 6.37. The Morgan fingerprint density at radius 2 is 1.71 bits per heavy atom. The zero-order valence-electron chi connectivity index (χ0n) is 13.5. The zero-order valence-corrected chi connectivity index (χ0v) is 13.5. The maximum absolute atomic E-state index is 12.3. The smallest absolute Gasteiger partial charge is 0.372 e. The lowest BCUT2D eigenvalue weighted by atomic mass is 9.96. The molecule has 24 heavy (non-hydrogen) atoms. The molecule has 2 aromatic carbocycles. The van der Waals surface area contributed by atoms with E-state index in [0.717, 1.165) is 16.7 Å². The largest absolute Gasteiger partial charge is 0.496 e. The highest BCUT2D eigenvalue weighted by atomic mass is 16.5. The molecule has 0 bridgehead atoms. The van der Waals surface area contributed by atoms with E-state index in [1.807, 2.05) is 43.3 Å². The van der Waals surface area contributed by atoms with E-state index >= 15 is 0 Å². The third kappa shape index (κ3) is 4.07. The van der Waals surface area contributed by atoms with Crippen molar-refractivity contribution in [2.24, 2.45) is 0 Å². The van der Waals surface area contributed by atoms with E-state index in [1.165, 1.54) is 7.11 Å². The standard InChI is InChI=1S/C19H18O5/c1-12-8-14(9-13-6-4-3-5-7-13)10-15(18(12)24-2)16(20)11-17(21)19(22)23/h3-8,10H,9,11H2,1-2H3,(H,22,23). The van der Waals surface area contributed by atoms with Gasteiger partial charge in [-0.25, -0.2) is 4.79 Å². The van der Waals surface area contributed by atoms with Gasteiger partial charge in [0.2, 0.25) is 5.78 Å². The summed E-state index contributed by atoms with van der Waals surface area (Å²) in [5, 5.41) is 8.68. The van der Waals surface area contributed by atoms with Crippen LogP contribution in [0.4, 0.5) is 0 Å². The summed E-state index contributed by atoms with van der Waals surface area (Å²) in [6, 6.07) is 13.3. The van der Waals surface area contributed by atoms with Crippen molar-refractivity contribution in [3.8, 4) is 5.75 Å². The number of carboxylic acids is 1. The maximum Gasteiger partial charge on any atom is 0.372 e. The fourth-order valence-corrected chi connectivity index (χ4v) is 2.58. The van der Waals surface area contributed by atoms with Gasteiger partial charge in [-0.3, -0.25) is 9.59 Å². The van der Waals surface area contributed by atoms with Crippen molar-refractivity contribution in [2.45, 2.75) is 19.8 Å². The van der Waals surface area contributed by atoms with E-state index in [2.05, 4.69) is 0 Å². The first-order chi connectivity index (χ1) is 11.4. The first-order valence-electron chi connectivity index (χ1n) is 7.43. The fraction of sp³-hybridized carbons (Fsp3) is 0.211. The summed E-state index contributed by atoms with van der Waals surface area (Å²) < 4.78 is 5.26. The van der Waals surface area contributed by atoms with Gasteiger partial charge in [-0.05, 0) is 36.1 Å². The predicted octanol–water partition coefficient (Wildman–Crippen LogP) is 2.82. The lowest BCUT2D eigenvalue weighted by Crippen LogP contribution is -2.18. The monoisotopic (exact) mass is 326 g/mol. The summed E-state index contributed by atoms with van der Waals surface area (Å²) in [7, 11) is 1.44. The van der Waals surface area contributed by atoms with E-state index in [-0.39, 0.29) is 5.56 Å². The molecular weight excluding hydrogens is 308 g/mol. The van der Waals surface area contributed by atoms with Crippen LogP contribution in [0, 0.1) is 6.92 Å². The molecule has 2 rings (SSSR count). The fourth-order valence-electron chi connectivity index (χ4n) is 2.58. The van der Waals surface area contributed by atoms with Crippen LogP contribution in [0.25, 0.3) is 0 Å². The van der Waals surface area contributed by atoms with Crippen molar-refractivity contribution in [2.75, 3.05) is 7.11 Å². The van der Waals surface area contributed by atoms with E-state index in [1.54, 1.807) is 6.07 Å². The Labute approximate surface area is 139 Å². The lowest BCUT2D eigenvalue weighted by molar-refractivity contribution is -0.148. The molecule has 124 valence electrons. The van der Waals surface area contributed by atoms with E-state index < -0.39 is 24.0 Å². The Bertz CT molecular complexity index is 778. The molecule has 2 aromatic rings. The molecule has 0 atom stereocenters. The minimum Gasteiger partial charge on any atom is -0.496 e. The number of carbonyl (C=O) groups is 3. The molecular formula is C19H18O5. The van der Waals surface area contributed by atoms with Gasteiger partial charge in [0, 0.05) is 0 Å². The molecule has 0 heterocycles. The third-order valence-electron chi connectivity index (χ3n) is 3.65. The van der Waals surface area contributed by atoms with E-state index in [4.69, 9.17) is 9.84 Å². The number of rotatable bonds is 7. The SMILES string of the molecule is COc1c(C)cc(Cc2ccccc2)cc1C(=O)CC(=O)C(=O)O. The van der Waals surface area contributed by atoms with Gasteiger partial charge in [0.05, 0.1) is 19.1 Å². The number of Topliss-reactive ketones (excluding diaryl/α,β-unsaturated/α-hetero) is 2. The number of aryl methyl sites for hydroxylation is 1. The maximum atomic E-state index is 12.3. The van der Waals surface area contributed by atoms with Crippen LogP contribution in [0.5, 0.6) is 5.75 Å². The van der Waals surface area contributed by atoms with Crippen LogP contribution in [0.1, 0.15) is 33.5 Å². The number of hydrogen-bond acceptors (Lipinski definition) is 4. The second-order valence-electron chi connectivity index (χ2n) is 5.48. The number of carboxylic acid groups (broad SMARTS) is 1. The molecule has 0 aliphatic carbocycles. The molecule has 5 nitrogen and oxygen atoms in total. The van der Waals surface area contributed by atoms with Crippen molar-refractivity contribution in [1.82, 2.24) is 0 Å². The summed E-state index contributed by atoms with van der Waals surface area (Å²) in [6.45, 7) is 1.81. The molecule has 0 spiro atoms. The number of carbonyl (C=O) groups excluding carboxylic acids is 2. The third-order valence-corrected chi connectivity index (χ3v) is 3.65. The van der Waals surface area contributed by atoms with Crippen LogP contribution in [0.15, 0.2) is 42.5 Å². The number of aliphatic carboxylic acids is 1. The molecule has 0 aliphatic rings. The zero-order chi connectivity index (χ0) is 17.7. The normalized spacial score (nSPS) is 10.2. The van der Waals surface area contributed by atoms with Gasteiger partial charge in [-0.2, -0.15) is 0 Å². The van der Waals surface area contributed by atoms with Crippen LogP contribution in [-0.4, -0.2) is 29.8 Å². The van der Waals surface area contributed by atoms with Crippen LogP contribution < -0.4 is 4.74 Å². The van der Waals surface area contributed by atoms with E-state index in [9.17, 15) is 14.4 Å². The molecule has 0 saturated carbocycles. The van der Waals surface area contributed by atoms with Crippen molar-refractivity contribution >= 4 is 17.5 Å². The van der Waals surface area contributed by atoms with Gasteiger partial charge >= 0.3 is 5.97 Å². The Kier molecular flexibility index (Phi) is 5.47. The number of benzene rings is 2. The quantitative estimate of drug-likeness (QED) is 0.481. The van der Waals surface area contributed by atoms with Crippen molar-refractivity contribution in [3.05, 3.63) is 64.7 Å². The van der Waals surface area contributed by atoms with Gasteiger partial charge in [0.1, 0.15) is 5.75 Å². The summed E-state index contributed by atoms with van der Waals surface area (Å²) in [5.41, 5.74) is 2.97. The molecule has 5 heteroatoms. The number of ketones is 2. The van der Waals surface area contributed by atoms with Gasteiger partial charge in [0.15, 0.2) is 5.78 Å². The van der Waals surface area contributed by atoms with Gasteiger partial charge in [-0.1, -0.05) is 36.4 Å². The van der Waals surface area contributed by atoms with Crippen LogP contribution in [-0.2, 0) is 16.0 Å². The highest BCUT2D eigenvalue weighted by Crippen LogP contribution is 2.27. The molecule has 0 radical (unpaired) electrons. The summed E-state index contributed by atoms with van der Waals surface area (Å²) in [6.07, 6.45) is -0.0568. The predicted molar refractivity (Wildman–Crippen MR) is 88.6 cm³/mol. The number of methoxy groups -OCH3 is 1. The van der Waals surface area contributed by atoms with Gasteiger partial charge in [0.25, 0.3) is 0 Å². The molecule has 0 fully saturated rings. The van der Waals surface area contributed by atoms with Gasteiger partial charge in [-0.15, -0.1) is 0 Å². The molecule has 0 amide bonds. The minimum atomic E-state index is -1.61. The van der Waals surface area contributed by atoms with Crippen molar-refractivity contribution in [1.29, 1.82) is 0 Å². The average molecular weight is 326 g/mol. The first kappa shape index (κ1) is 17.4. The average Bonchev–Trinajstić information content (AvgIpc) is 2.55. The molecule has 0 aromatic heterocycles. The van der Waals surface area contributed by atoms with Gasteiger partial charge < -0.3 is 9.84 Å². The minimum absolute atomic E-state index is 0.234. The van der Waals surface area contributed by atoms with E-state index in [0.29, 0.717) is 12.2 Å². The van der Waals surface area contributed by atoms with Crippen LogP contribution in [0.2, 0.25) is 0 Å². The molecule has 0 saturated heterocycles. The molecule has 0 aliphatic heterocycles. The second kappa shape index (κ2) is 7.55. The Morgan fingerprint density at radius 3 is 2.29 bits per heavy atom. The Balaban J connectivity index is 2.36. The highest BCUT2D eigenvalue weighted by Gasteiger charge is 2.22. The number of hydrogen-bond donors (Lipinski definition) is 1. The lowest BCUT2D eigenvalue weighted by Gasteiger charge is -2.13. The topological polar surface area (TPSA) is 80.7 Å². The first-order valence-corrected chi connectivity index (χ1v) is 7.43. The number of ether oxygens (including phenoxy) is 1. The summed E-state index contributed by atoms with van der Waals surface area (Å²) in [4.78, 5) is 34.3. The van der Waals surface area contributed by atoms with Crippen molar-refractivity contribution < 1.29 is 24.2 Å². The second-order valence-corrected chi connectivity index (χ2v) is 5.48. The van der Waals surface area contributed by atoms with Crippen LogP contribution in [0.3, 0.4) is 0 Å². The van der Waals surface area contributed by atoms with Crippen LogP contribution >= 0.6 is 0 Å². The van der Waals surface area contributed by atoms with Crippen molar-refractivity contribution in [3.63, 3.8) is 0 Å². The Hall–Kier alpha value is -2.95.